The van der Waals surface area contributed by atoms with Crippen molar-refractivity contribution in [3.8, 4) is 0 Å². The van der Waals surface area contributed by atoms with Crippen LogP contribution in [0.2, 0.25) is 0 Å². The van der Waals surface area contributed by atoms with Crippen LogP contribution in [0.15, 0.2) is 22.7 Å². The lowest BCUT2D eigenvalue weighted by molar-refractivity contribution is 0.0522. The molecule has 0 radical (unpaired) electrons. The van der Waals surface area contributed by atoms with Crippen LogP contribution >= 0.6 is 22.7 Å². The van der Waals surface area contributed by atoms with Crippen LogP contribution < -0.4 is 0 Å². The third-order valence-corrected chi connectivity index (χ3v) is 4.25. The molecule has 18 heavy (non-hydrogen) atoms. The SMILES string of the molecule is C/C(=N/OC(=O)c1cccs1)c1sc(C)nc1C. The van der Waals surface area contributed by atoms with E-state index in [0.717, 1.165) is 15.6 Å². The lowest BCUT2D eigenvalue weighted by atomic mass is 10.3. The molecule has 2 aromatic heterocycles. The van der Waals surface area contributed by atoms with E-state index in [9.17, 15) is 4.79 Å². The molecule has 0 atom stereocenters. The summed E-state index contributed by atoms with van der Waals surface area (Å²) in [5.74, 6) is -0.428. The van der Waals surface area contributed by atoms with Crippen LogP contribution in [-0.2, 0) is 4.84 Å². The highest BCUT2D eigenvalue weighted by Gasteiger charge is 2.11. The van der Waals surface area contributed by atoms with Gasteiger partial charge in [-0.25, -0.2) is 9.78 Å². The Balaban J connectivity index is 2.10. The topological polar surface area (TPSA) is 51.5 Å². The molecule has 6 heteroatoms. The van der Waals surface area contributed by atoms with Gasteiger partial charge in [0.2, 0.25) is 0 Å². The van der Waals surface area contributed by atoms with Gasteiger partial charge in [0, 0.05) is 0 Å². The van der Waals surface area contributed by atoms with Crippen molar-refractivity contribution in [1.82, 2.24) is 4.98 Å². The van der Waals surface area contributed by atoms with Gasteiger partial charge in [0.05, 0.1) is 21.3 Å². The number of carbonyl (C=O) groups excluding carboxylic acids is 1. The summed E-state index contributed by atoms with van der Waals surface area (Å²) < 4.78 is 0. The van der Waals surface area contributed by atoms with E-state index in [1.54, 1.807) is 23.5 Å². The van der Waals surface area contributed by atoms with Crippen molar-refractivity contribution in [2.75, 3.05) is 0 Å². The fourth-order valence-electron chi connectivity index (χ4n) is 1.46. The van der Waals surface area contributed by atoms with Crippen LogP contribution in [0.5, 0.6) is 0 Å². The lowest BCUT2D eigenvalue weighted by Crippen LogP contribution is -2.02. The number of aryl methyl sites for hydroxylation is 2. The van der Waals surface area contributed by atoms with Crippen LogP contribution in [0.3, 0.4) is 0 Å². The average Bonchev–Trinajstić information content (AvgIpc) is 2.95. The first-order chi connectivity index (χ1) is 8.58. The Kier molecular flexibility index (Phi) is 3.88. The fourth-order valence-corrected chi connectivity index (χ4v) is 2.91. The molecular weight excluding hydrogens is 268 g/mol. The first-order valence-electron chi connectivity index (χ1n) is 5.32. The Labute approximate surface area is 113 Å². The van der Waals surface area contributed by atoms with Crippen molar-refractivity contribution in [1.29, 1.82) is 0 Å². The lowest BCUT2D eigenvalue weighted by Gasteiger charge is -1.98. The molecule has 0 aliphatic carbocycles. The molecule has 0 N–H and O–H groups in total. The normalized spacial score (nSPS) is 11.6. The quantitative estimate of drug-likeness (QED) is 0.492. The number of aromatic nitrogens is 1. The average molecular weight is 280 g/mol. The predicted molar refractivity (Wildman–Crippen MR) is 73.5 cm³/mol. The zero-order valence-electron chi connectivity index (χ0n) is 10.3. The first kappa shape index (κ1) is 12.9. The van der Waals surface area contributed by atoms with Gasteiger partial charge in [-0.1, -0.05) is 11.2 Å². The van der Waals surface area contributed by atoms with Gasteiger partial charge in [0.1, 0.15) is 4.88 Å². The van der Waals surface area contributed by atoms with E-state index in [4.69, 9.17) is 4.84 Å². The molecule has 0 amide bonds. The summed E-state index contributed by atoms with van der Waals surface area (Å²) in [4.78, 5) is 22.3. The third-order valence-electron chi connectivity index (χ3n) is 2.22. The minimum absolute atomic E-state index is 0.428. The van der Waals surface area contributed by atoms with Gasteiger partial charge in [-0.3, -0.25) is 0 Å². The molecule has 0 aliphatic heterocycles. The standard InChI is InChI=1S/C12H12N2O2S2/c1-7-11(18-9(3)13-7)8(2)14-16-12(15)10-5-4-6-17-10/h4-6H,1-3H3/b14-8-. The van der Waals surface area contributed by atoms with Crippen molar-refractivity contribution in [2.24, 2.45) is 5.16 Å². The van der Waals surface area contributed by atoms with Gasteiger partial charge in [0.15, 0.2) is 0 Å². The summed E-state index contributed by atoms with van der Waals surface area (Å²) in [6, 6.07) is 3.51. The fraction of sp³-hybridized carbons (Fsp3) is 0.250. The number of hydrogen-bond donors (Lipinski definition) is 0. The monoisotopic (exact) mass is 280 g/mol. The Morgan fingerprint density at radius 2 is 2.22 bits per heavy atom. The number of thiazole rings is 1. The molecule has 0 spiro atoms. The molecule has 4 nitrogen and oxygen atoms in total. The largest absolute Gasteiger partial charge is 0.375 e. The number of thiophene rings is 1. The van der Waals surface area contributed by atoms with Gasteiger partial charge in [-0.05, 0) is 32.2 Å². The second-order valence-corrected chi connectivity index (χ2v) is 5.83. The molecule has 0 fully saturated rings. The minimum atomic E-state index is -0.428. The van der Waals surface area contributed by atoms with E-state index in [-0.39, 0.29) is 0 Å². The van der Waals surface area contributed by atoms with Crippen molar-refractivity contribution in [3.63, 3.8) is 0 Å². The Morgan fingerprint density at radius 3 is 2.78 bits per heavy atom. The third kappa shape index (κ3) is 2.83. The van der Waals surface area contributed by atoms with Crippen molar-refractivity contribution in [2.45, 2.75) is 20.8 Å². The molecule has 0 saturated heterocycles. The Hall–Kier alpha value is -1.53. The summed E-state index contributed by atoms with van der Waals surface area (Å²) in [6.07, 6.45) is 0. The molecular formula is C12H12N2O2S2. The van der Waals surface area contributed by atoms with E-state index >= 15 is 0 Å². The Bertz CT molecular complexity index is 585. The summed E-state index contributed by atoms with van der Waals surface area (Å²) in [5, 5.41) is 6.67. The van der Waals surface area contributed by atoms with E-state index in [1.807, 2.05) is 26.2 Å². The molecule has 2 rings (SSSR count). The van der Waals surface area contributed by atoms with Gasteiger partial charge in [0.25, 0.3) is 0 Å². The van der Waals surface area contributed by atoms with Crippen LogP contribution in [0.1, 0.15) is 32.2 Å². The minimum Gasteiger partial charge on any atom is -0.312 e. The smallest absolute Gasteiger partial charge is 0.312 e. The maximum absolute atomic E-state index is 11.6. The molecule has 0 saturated carbocycles. The highest BCUT2D eigenvalue weighted by Crippen LogP contribution is 2.18. The van der Waals surface area contributed by atoms with Crippen LogP contribution in [0.4, 0.5) is 0 Å². The van der Waals surface area contributed by atoms with Crippen molar-refractivity contribution in [3.05, 3.63) is 38.0 Å². The predicted octanol–water partition coefficient (Wildman–Crippen LogP) is 3.40. The number of oxime groups is 1. The van der Waals surface area contributed by atoms with E-state index in [1.165, 1.54) is 11.3 Å². The van der Waals surface area contributed by atoms with Crippen LogP contribution in [0.25, 0.3) is 0 Å². The van der Waals surface area contributed by atoms with Crippen molar-refractivity contribution < 1.29 is 9.63 Å². The van der Waals surface area contributed by atoms with Gasteiger partial charge >= 0.3 is 5.97 Å². The summed E-state index contributed by atoms with van der Waals surface area (Å²) in [5.41, 5.74) is 1.58. The molecule has 94 valence electrons. The summed E-state index contributed by atoms with van der Waals surface area (Å²) in [7, 11) is 0. The summed E-state index contributed by atoms with van der Waals surface area (Å²) >= 11 is 2.87. The maximum atomic E-state index is 11.6. The van der Waals surface area contributed by atoms with E-state index in [2.05, 4.69) is 10.1 Å². The first-order valence-corrected chi connectivity index (χ1v) is 7.01. The molecule has 0 aliphatic rings. The summed E-state index contributed by atoms with van der Waals surface area (Å²) in [6.45, 7) is 5.66. The highest BCUT2D eigenvalue weighted by molar-refractivity contribution is 7.13. The zero-order valence-corrected chi connectivity index (χ0v) is 11.9. The molecule has 0 aromatic carbocycles. The second kappa shape index (κ2) is 5.41. The number of nitrogens with zero attached hydrogens (tertiary/aromatic N) is 2. The van der Waals surface area contributed by atoms with Crippen molar-refractivity contribution >= 4 is 34.4 Å². The zero-order chi connectivity index (χ0) is 13.1. The van der Waals surface area contributed by atoms with Gasteiger partial charge in [-0.15, -0.1) is 22.7 Å². The highest BCUT2D eigenvalue weighted by atomic mass is 32.1. The number of carbonyl (C=O) groups is 1. The molecule has 0 unspecified atom stereocenters. The molecule has 2 aromatic rings. The maximum Gasteiger partial charge on any atom is 0.375 e. The van der Waals surface area contributed by atoms with Crippen LogP contribution in [-0.4, -0.2) is 16.7 Å². The van der Waals surface area contributed by atoms with Gasteiger partial charge < -0.3 is 4.84 Å². The van der Waals surface area contributed by atoms with E-state index in [0.29, 0.717) is 10.6 Å². The van der Waals surface area contributed by atoms with Gasteiger partial charge in [-0.2, -0.15) is 0 Å². The molecule has 2 heterocycles. The second-order valence-electron chi connectivity index (χ2n) is 3.68. The van der Waals surface area contributed by atoms with Crippen LogP contribution in [0, 0.1) is 13.8 Å². The number of hydrogen-bond acceptors (Lipinski definition) is 6. The van der Waals surface area contributed by atoms with E-state index < -0.39 is 5.97 Å². The number of rotatable bonds is 3. The molecule has 0 bridgehead atoms. The Morgan fingerprint density at radius 1 is 1.44 bits per heavy atom.